The molecule has 1 aromatic heterocycles. The third-order valence-electron chi connectivity index (χ3n) is 4.12. The van der Waals surface area contributed by atoms with Crippen LogP contribution in [0.5, 0.6) is 0 Å². The van der Waals surface area contributed by atoms with E-state index in [2.05, 4.69) is 21.2 Å². The number of amides is 1. The predicted molar refractivity (Wildman–Crippen MR) is 83.0 cm³/mol. The summed E-state index contributed by atoms with van der Waals surface area (Å²) in [5, 5.41) is 2.95. The summed E-state index contributed by atoms with van der Waals surface area (Å²) in [4.78, 5) is 14.5. The average molecular weight is 356 g/mol. The van der Waals surface area contributed by atoms with Gasteiger partial charge in [-0.15, -0.1) is 0 Å². The second kappa shape index (κ2) is 5.93. The molecule has 4 nitrogen and oxygen atoms in total. The maximum Gasteiger partial charge on any atom is 0.255 e. The third kappa shape index (κ3) is 2.79. The van der Waals surface area contributed by atoms with E-state index in [1.165, 1.54) is 0 Å². The summed E-state index contributed by atoms with van der Waals surface area (Å²) in [6.45, 7) is 1.73. The molecule has 2 aliphatic rings. The Morgan fingerprint density at radius 3 is 2.95 bits per heavy atom. The topological polar surface area (TPSA) is 37.3 Å². The molecular formula is C15H19BrFN3O. The lowest BCUT2D eigenvalue weighted by Crippen LogP contribution is -2.38. The lowest BCUT2D eigenvalue weighted by molar-refractivity contribution is 0.0727. The number of carbonyl (C=O) groups is 1. The minimum atomic E-state index is 0.123. The Labute approximate surface area is 132 Å². The molecular weight excluding hydrogens is 337 g/mol. The predicted octanol–water partition coefficient (Wildman–Crippen LogP) is 2.48. The van der Waals surface area contributed by atoms with E-state index in [1.807, 2.05) is 15.7 Å². The van der Waals surface area contributed by atoms with Gasteiger partial charge >= 0.3 is 0 Å². The van der Waals surface area contributed by atoms with E-state index < -0.39 is 0 Å². The smallest absolute Gasteiger partial charge is 0.255 e. The first-order chi connectivity index (χ1) is 10.2. The molecule has 0 unspecified atom stereocenters. The van der Waals surface area contributed by atoms with E-state index in [4.69, 9.17) is 0 Å². The summed E-state index contributed by atoms with van der Waals surface area (Å²) >= 11 is 3.57. The number of hydrogen-bond acceptors (Lipinski definition) is 2. The quantitative estimate of drug-likeness (QED) is 0.880. The monoisotopic (exact) mass is 355 g/mol. The Morgan fingerprint density at radius 2 is 2.33 bits per heavy atom. The summed E-state index contributed by atoms with van der Waals surface area (Å²) in [6, 6.07) is 0.443. The number of hydrogen-bond donors (Lipinski definition) is 1. The standard InChI is InChI=1S/C15H19BrFN3O/c1-18-7-10(6-17)8-19-9-13-12(14(19)16)4-5-20(15(13)21)11-2-3-11/h6,9,11,18H,2-5,7-8H2,1H3/b10-6+. The molecule has 3 rings (SSSR count). The molecule has 0 spiro atoms. The number of carbonyl (C=O) groups excluding carboxylic acids is 1. The SMILES string of the molecule is CNC/C(=C\F)Cn1cc2c(c1Br)CCN(C1CC1)C2=O. The van der Waals surface area contributed by atoms with Crippen LogP contribution in [0, 0.1) is 0 Å². The van der Waals surface area contributed by atoms with Gasteiger partial charge in [0, 0.05) is 31.9 Å². The highest BCUT2D eigenvalue weighted by molar-refractivity contribution is 9.10. The summed E-state index contributed by atoms with van der Waals surface area (Å²) in [5.74, 6) is 0.123. The van der Waals surface area contributed by atoms with E-state index in [0.717, 1.165) is 41.5 Å². The molecule has 1 aromatic rings. The molecule has 0 aromatic carbocycles. The van der Waals surface area contributed by atoms with Crippen LogP contribution in [0.2, 0.25) is 0 Å². The molecule has 1 fully saturated rings. The number of aromatic nitrogens is 1. The van der Waals surface area contributed by atoms with E-state index in [9.17, 15) is 9.18 Å². The largest absolute Gasteiger partial charge is 0.337 e. The van der Waals surface area contributed by atoms with Gasteiger partial charge in [0.05, 0.1) is 16.5 Å². The first-order valence-electron chi connectivity index (χ1n) is 7.27. The first kappa shape index (κ1) is 14.8. The highest BCUT2D eigenvalue weighted by Gasteiger charge is 2.37. The van der Waals surface area contributed by atoms with Gasteiger partial charge in [0.1, 0.15) is 0 Å². The minimum Gasteiger partial charge on any atom is -0.337 e. The van der Waals surface area contributed by atoms with E-state index in [1.54, 1.807) is 7.05 Å². The molecule has 114 valence electrons. The van der Waals surface area contributed by atoms with Crippen molar-refractivity contribution in [2.24, 2.45) is 0 Å². The van der Waals surface area contributed by atoms with Crippen molar-refractivity contribution in [3.8, 4) is 0 Å². The average Bonchev–Trinajstić information content (AvgIpc) is 3.26. The molecule has 0 atom stereocenters. The van der Waals surface area contributed by atoms with Crippen LogP contribution in [0.25, 0.3) is 0 Å². The van der Waals surface area contributed by atoms with E-state index >= 15 is 0 Å². The molecule has 6 heteroatoms. The maximum absolute atomic E-state index is 12.9. The number of fused-ring (bicyclic) bond motifs is 1. The zero-order valence-electron chi connectivity index (χ0n) is 12.0. The number of nitrogens with zero attached hydrogens (tertiary/aromatic N) is 2. The molecule has 0 bridgehead atoms. The van der Waals surface area contributed by atoms with Gasteiger partial charge in [-0.05, 0) is 53.4 Å². The zero-order valence-corrected chi connectivity index (χ0v) is 13.6. The summed E-state index contributed by atoms with van der Waals surface area (Å²) in [7, 11) is 1.79. The molecule has 0 saturated heterocycles. The van der Waals surface area contributed by atoms with Crippen molar-refractivity contribution in [1.82, 2.24) is 14.8 Å². The Hall–Kier alpha value is -1.14. The summed E-state index contributed by atoms with van der Waals surface area (Å²) in [6.07, 6.45) is 5.61. The van der Waals surface area contributed by atoms with E-state index in [-0.39, 0.29) is 5.91 Å². The minimum absolute atomic E-state index is 0.123. The Balaban J connectivity index is 1.85. The fraction of sp³-hybridized carbons (Fsp3) is 0.533. The fourth-order valence-corrected chi connectivity index (χ4v) is 3.55. The van der Waals surface area contributed by atoms with Crippen molar-refractivity contribution in [3.05, 3.63) is 33.8 Å². The molecule has 1 saturated carbocycles. The molecule has 0 radical (unpaired) electrons. The fourth-order valence-electron chi connectivity index (χ4n) is 2.91. The van der Waals surface area contributed by atoms with Gasteiger partial charge in [-0.1, -0.05) is 0 Å². The van der Waals surface area contributed by atoms with Crippen molar-refractivity contribution < 1.29 is 9.18 Å². The maximum atomic E-state index is 12.9. The van der Waals surface area contributed by atoms with Crippen molar-refractivity contribution >= 4 is 21.8 Å². The number of nitrogens with one attached hydrogen (secondary N) is 1. The molecule has 1 amide bonds. The van der Waals surface area contributed by atoms with Gasteiger partial charge in [-0.25, -0.2) is 4.39 Å². The first-order valence-corrected chi connectivity index (χ1v) is 8.06. The van der Waals surface area contributed by atoms with Crippen molar-refractivity contribution in [2.45, 2.75) is 31.8 Å². The third-order valence-corrected chi connectivity index (χ3v) is 5.06. The number of rotatable bonds is 5. The summed E-state index contributed by atoms with van der Waals surface area (Å²) in [5.41, 5.74) is 2.47. The molecule has 1 aliphatic heterocycles. The van der Waals surface area contributed by atoms with Gasteiger partial charge in [-0.3, -0.25) is 4.79 Å². The lowest BCUT2D eigenvalue weighted by atomic mass is 10.0. The van der Waals surface area contributed by atoms with Crippen LogP contribution in [-0.4, -0.2) is 41.6 Å². The molecule has 21 heavy (non-hydrogen) atoms. The Bertz CT molecular complexity index is 592. The van der Waals surface area contributed by atoms with Gasteiger partial charge in [0.25, 0.3) is 5.91 Å². The summed E-state index contributed by atoms with van der Waals surface area (Å²) < 4.78 is 15.7. The van der Waals surface area contributed by atoms with Crippen LogP contribution in [-0.2, 0) is 13.0 Å². The highest BCUT2D eigenvalue weighted by Crippen LogP contribution is 2.35. The van der Waals surface area contributed by atoms with Crippen LogP contribution in [0.3, 0.4) is 0 Å². The van der Waals surface area contributed by atoms with Crippen LogP contribution in [0.15, 0.2) is 22.7 Å². The van der Waals surface area contributed by atoms with Gasteiger partial charge in [0.2, 0.25) is 0 Å². The van der Waals surface area contributed by atoms with Crippen molar-refractivity contribution in [1.29, 1.82) is 0 Å². The second-order valence-electron chi connectivity index (χ2n) is 5.72. The van der Waals surface area contributed by atoms with Gasteiger partial charge < -0.3 is 14.8 Å². The second-order valence-corrected chi connectivity index (χ2v) is 6.47. The number of likely N-dealkylation sites (N-methyl/N-ethyl adjacent to an activating group) is 1. The van der Waals surface area contributed by atoms with Crippen LogP contribution in [0.1, 0.15) is 28.8 Å². The number of halogens is 2. The Morgan fingerprint density at radius 1 is 1.57 bits per heavy atom. The van der Waals surface area contributed by atoms with Crippen molar-refractivity contribution in [3.63, 3.8) is 0 Å². The molecule has 2 heterocycles. The zero-order chi connectivity index (χ0) is 15.0. The van der Waals surface area contributed by atoms with Crippen molar-refractivity contribution in [2.75, 3.05) is 20.1 Å². The van der Waals surface area contributed by atoms with Crippen LogP contribution < -0.4 is 5.32 Å². The van der Waals surface area contributed by atoms with E-state index in [0.29, 0.717) is 31.0 Å². The van der Waals surface area contributed by atoms with Crippen LogP contribution >= 0.6 is 15.9 Å². The lowest BCUT2D eigenvalue weighted by Gasteiger charge is -2.26. The molecule has 1 aliphatic carbocycles. The van der Waals surface area contributed by atoms with Gasteiger partial charge in [-0.2, -0.15) is 0 Å². The molecule has 1 N–H and O–H groups in total. The van der Waals surface area contributed by atoms with Gasteiger partial charge in [0.15, 0.2) is 0 Å². The highest BCUT2D eigenvalue weighted by atomic mass is 79.9. The Kier molecular flexibility index (Phi) is 4.17. The normalized spacial score (nSPS) is 19.1. The van der Waals surface area contributed by atoms with Crippen LogP contribution in [0.4, 0.5) is 4.39 Å².